The smallest absolute Gasteiger partial charge is 0.125 e. The van der Waals surface area contributed by atoms with E-state index in [9.17, 15) is 0 Å². The number of hydrogen-bond donors (Lipinski definition) is 1. The molecule has 2 aliphatic rings. The number of fused-ring (bicyclic) bond motifs is 1. The number of halogens is 1. The fourth-order valence-electron chi connectivity index (χ4n) is 3.63. The monoisotopic (exact) mass is 337 g/mol. The van der Waals surface area contributed by atoms with Gasteiger partial charge in [0.15, 0.2) is 0 Å². The lowest BCUT2D eigenvalue weighted by Gasteiger charge is -2.27. The largest absolute Gasteiger partial charge is 0.493 e. The van der Waals surface area contributed by atoms with Crippen molar-refractivity contribution < 1.29 is 4.74 Å². The molecule has 1 saturated carbocycles. The highest BCUT2D eigenvalue weighted by Gasteiger charge is 2.26. The van der Waals surface area contributed by atoms with Crippen molar-refractivity contribution in [1.29, 1.82) is 0 Å². The summed E-state index contributed by atoms with van der Waals surface area (Å²) in [5.74, 6) is 1.91. The Morgan fingerprint density at radius 1 is 1.20 bits per heavy atom. The zero-order valence-electron chi connectivity index (χ0n) is 12.2. The van der Waals surface area contributed by atoms with E-state index in [2.05, 4.69) is 46.4 Å². The Kier molecular flexibility index (Phi) is 4.67. The van der Waals surface area contributed by atoms with E-state index in [1.807, 2.05) is 0 Å². The maximum atomic E-state index is 5.90. The van der Waals surface area contributed by atoms with Crippen LogP contribution in [0.15, 0.2) is 22.7 Å². The van der Waals surface area contributed by atoms with E-state index < -0.39 is 0 Å². The molecule has 1 fully saturated rings. The third kappa shape index (κ3) is 3.20. The molecule has 1 aromatic rings. The summed E-state index contributed by atoms with van der Waals surface area (Å²) in [6.07, 6.45) is 7.91. The van der Waals surface area contributed by atoms with Crippen LogP contribution in [0.2, 0.25) is 0 Å². The van der Waals surface area contributed by atoms with Crippen LogP contribution in [0.5, 0.6) is 5.75 Å². The van der Waals surface area contributed by atoms with Crippen molar-refractivity contribution in [1.82, 2.24) is 5.32 Å². The Labute approximate surface area is 130 Å². The van der Waals surface area contributed by atoms with Crippen LogP contribution in [0.25, 0.3) is 0 Å². The topological polar surface area (TPSA) is 21.3 Å². The molecule has 3 rings (SSSR count). The van der Waals surface area contributed by atoms with Gasteiger partial charge < -0.3 is 10.1 Å². The number of hydrogen-bond acceptors (Lipinski definition) is 2. The molecule has 1 aliphatic heterocycles. The molecule has 2 atom stereocenters. The van der Waals surface area contributed by atoms with Crippen molar-refractivity contribution in [2.75, 3.05) is 6.61 Å². The minimum Gasteiger partial charge on any atom is -0.493 e. The van der Waals surface area contributed by atoms with Crippen molar-refractivity contribution in [3.8, 4) is 5.75 Å². The van der Waals surface area contributed by atoms with Gasteiger partial charge in [-0.2, -0.15) is 0 Å². The van der Waals surface area contributed by atoms with E-state index in [-0.39, 0.29) is 0 Å². The van der Waals surface area contributed by atoms with Gasteiger partial charge in [0, 0.05) is 22.1 Å². The first-order chi connectivity index (χ1) is 9.74. The van der Waals surface area contributed by atoms with Crippen LogP contribution >= 0.6 is 15.9 Å². The predicted molar refractivity (Wildman–Crippen MR) is 86.2 cm³/mol. The van der Waals surface area contributed by atoms with Crippen LogP contribution < -0.4 is 10.1 Å². The summed E-state index contributed by atoms with van der Waals surface area (Å²) in [6.45, 7) is 3.19. The lowest BCUT2D eigenvalue weighted by Crippen LogP contribution is -2.35. The highest BCUT2D eigenvalue weighted by atomic mass is 79.9. The minimum absolute atomic E-state index is 0.441. The molecule has 0 saturated heterocycles. The van der Waals surface area contributed by atoms with Crippen molar-refractivity contribution in [3.05, 3.63) is 28.2 Å². The summed E-state index contributed by atoms with van der Waals surface area (Å²) in [5.41, 5.74) is 1.33. The molecule has 1 unspecified atom stereocenters. The summed E-state index contributed by atoms with van der Waals surface area (Å²) in [4.78, 5) is 0. The molecule has 3 heteroatoms. The van der Waals surface area contributed by atoms with Gasteiger partial charge >= 0.3 is 0 Å². The van der Waals surface area contributed by atoms with Gasteiger partial charge in [-0.15, -0.1) is 0 Å². The molecule has 0 aromatic heterocycles. The van der Waals surface area contributed by atoms with Crippen molar-refractivity contribution in [2.24, 2.45) is 5.92 Å². The summed E-state index contributed by atoms with van der Waals surface area (Å²) in [7, 11) is 0. The molecule has 1 heterocycles. The lowest BCUT2D eigenvalue weighted by molar-refractivity contribution is 0.309. The number of benzene rings is 1. The number of nitrogens with one attached hydrogen (secondary N) is 1. The Balaban J connectivity index is 1.75. The molecular formula is C17H24BrNO. The summed E-state index contributed by atoms with van der Waals surface area (Å²) in [6, 6.07) is 7.50. The fraction of sp³-hybridized carbons (Fsp3) is 0.647. The van der Waals surface area contributed by atoms with Crippen LogP contribution in [-0.4, -0.2) is 12.6 Å². The van der Waals surface area contributed by atoms with Crippen LogP contribution in [0.3, 0.4) is 0 Å². The average molecular weight is 338 g/mol. The van der Waals surface area contributed by atoms with Gasteiger partial charge in [0.05, 0.1) is 6.61 Å². The standard InChI is InChI=1S/C17H24BrNO/c1-12(13-5-2-3-6-13)19-16-7-4-10-20-17-11-14(18)8-9-15(16)17/h8-9,11-13,16,19H,2-7,10H2,1H3/t12-,16?/m0/s1. The second-order valence-electron chi connectivity index (χ2n) is 6.23. The second kappa shape index (κ2) is 6.48. The molecule has 0 amide bonds. The zero-order chi connectivity index (χ0) is 13.9. The highest BCUT2D eigenvalue weighted by Crippen LogP contribution is 2.35. The summed E-state index contributed by atoms with van der Waals surface area (Å²) in [5, 5.41) is 3.88. The number of ether oxygens (including phenoxy) is 1. The quantitative estimate of drug-likeness (QED) is 0.852. The van der Waals surface area contributed by atoms with E-state index in [1.54, 1.807) is 0 Å². The fourth-order valence-corrected chi connectivity index (χ4v) is 3.97. The lowest BCUT2D eigenvalue weighted by atomic mass is 9.95. The summed E-state index contributed by atoms with van der Waals surface area (Å²) >= 11 is 3.54. The third-order valence-electron chi connectivity index (χ3n) is 4.82. The van der Waals surface area contributed by atoms with Crippen molar-refractivity contribution >= 4 is 15.9 Å². The van der Waals surface area contributed by atoms with Gasteiger partial charge in [-0.3, -0.25) is 0 Å². The maximum absolute atomic E-state index is 5.90. The normalized spacial score (nSPS) is 24.8. The van der Waals surface area contributed by atoms with E-state index in [4.69, 9.17) is 4.74 Å². The molecule has 110 valence electrons. The van der Waals surface area contributed by atoms with Crippen molar-refractivity contribution in [3.63, 3.8) is 0 Å². The minimum atomic E-state index is 0.441. The summed E-state index contributed by atoms with van der Waals surface area (Å²) < 4.78 is 6.99. The van der Waals surface area contributed by atoms with Crippen LogP contribution in [0, 0.1) is 5.92 Å². The third-order valence-corrected chi connectivity index (χ3v) is 5.31. The zero-order valence-corrected chi connectivity index (χ0v) is 13.8. The Bertz CT molecular complexity index is 456. The molecule has 1 aliphatic carbocycles. The number of rotatable bonds is 3. The molecule has 0 bridgehead atoms. The molecule has 2 nitrogen and oxygen atoms in total. The van der Waals surface area contributed by atoms with Gasteiger partial charge in [-0.1, -0.05) is 34.8 Å². The Morgan fingerprint density at radius 2 is 2.00 bits per heavy atom. The molecular weight excluding hydrogens is 314 g/mol. The van der Waals surface area contributed by atoms with Crippen LogP contribution in [0.1, 0.15) is 57.1 Å². The van der Waals surface area contributed by atoms with E-state index >= 15 is 0 Å². The van der Waals surface area contributed by atoms with Gasteiger partial charge in [0.25, 0.3) is 0 Å². The van der Waals surface area contributed by atoms with Crippen molar-refractivity contribution in [2.45, 2.75) is 57.5 Å². The van der Waals surface area contributed by atoms with E-state index in [0.29, 0.717) is 12.1 Å². The molecule has 1 aromatic carbocycles. The molecule has 1 N–H and O–H groups in total. The predicted octanol–water partition coefficient (Wildman–Crippen LogP) is 4.83. The van der Waals surface area contributed by atoms with Gasteiger partial charge in [-0.05, 0) is 50.7 Å². The first-order valence-electron chi connectivity index (χ1n) is 7.92. The van der Waals surface area contributed by atoms with Crippen LogP contribution in [-0.2, 0) is 0 Å². The first-order valence-corrected chi connectivity index (χ1v) is 8.71. The second-order valence-corrected chi connectivity index (χ2v) is 7.14. The van der Waals surface area contributed by atoms with E-state index in [1.165, 1.54) is 37.7 Å². The molecule has 0 radical (unpaired) electrons. The van der Waals surface area contributed by atoms with Gasteiger partial charge in [-0.25, -0.2) is 0 Å². The maximum Gasteiger partial charge on any atom is 0.125 e. The first kappa shape index (κ1) is 14.4. The molecule has 0 spiro atoms. The van der Waals surface area contributed by atoms with Gasteiger partial charge in [0.1, 0.15) is 5.75 Å². The van der Waals surface area contributed by atoms with Gasteiger partial charge in [0.2, 0.25) is 0 Å². The van der Waals surface area contributed by atoms with E-state index in [0.717, 1.165) is 29.2 Å². The highest BCUT2D eigenvalue weighted by molar-refractivity contribution is 9.10. The Hall–Kier alpha value is -0.540. The average Bonchev–Trinajstić information content (AvgIpc) is 2.90. The Morgan fingerprint density at radius 3 is 2.80 bits per heavy atom. The van der Waals surface area contributed by atoms with Crippen LogP contribution in [0.4, 0.5) is 0 Å². The molecule has 20 heavy (non-hydrogen) atoms. The SMILES string of the molecule is C[C@H](NC1CCCOc2cc(Br)ccc21)C1CCCC1.